The molecule has 1 aliphatic carbocycles. The first kappa shape index (κ1) is 19.7. The fraction of sp³-hybridized carbons (Fsp3) is 0.526. The highest BCUT2D eigenvalue weighted by Gasteiger charge is 2.30. The first-order chi connectivity index (χ1) is 12.9. The van der Waals surface area contributed by atoms with Crippen LogP contribution in [0.25, 0.3) is 11.4 Å². The van der Waals surface area contributed by atoms with Crippen molar-refractivity contribution in [3.05, 3.63) is 30.1 Å². The van der Waals surface area contributed by atoms with Crippen molar-refractivity contribution < 1.29 is 9.18 Å². The molecule has 146 valence electrons. The lowest BCUT2D eigenvalue weighted by Gasteiger charge is -2.35. The summed E-state index contributed by atoms with van der Waals surface area (Å²) in [5.74, 6) is 7.28. The summed E-state index contributed by atoms with van der Waals surface area (Å²) in [6.07, 6.45) is 3.40. The number of rotatable bonds is 5. The minimum atomic E-state index is -0.345. The average Bonchev–Trinajstić information content (AvgIpc) is 3.00. The fourth-order valence-corrected chi connectivity index (χ4v) is 4.23. The third-order valence-electron chi connectivity index (χ3n) is 5.45. The van der Waals surface area contributed by atoms with E-state index in [4.69, 9.17) is 5.84 Å². The van der Waals surface area contributed by atoms with Gasteiger partial charge in [0.2, 0.25) is 11.1 Å². The van der Waals surface area contributed by atoms with E-state index in [1.807, 2.05) is 6.92 Å². The highest BCUT2D eigenvalue weighted by atomic mass is 32.2. The van der Waals surface area contributed by atoms with Crippen LogP contribution >= 0.6 is 11.8 Å². The van der Waals surface area contributed by atoms with Crippen LogP contribution in [0.15, 0.2) is 29.4 Å². The van der Waals surface area contributed by atoms with Gasteiger partial charge in [0.05, 0.1) is 5.25 Å². The van der Waals surface area contributed by atoms with Gasteiger partial charge in [-0.05, 0) is 49.4 Å². The molecule has 0 aliphatic heterocycles. The third-order valence-corrected chi connectivity index (χ3v) is 6.51. The molecule has 1 amide bonds. The van der Waals surface area contributed by atoms with Crippen LogP contribution in [0, 0.1) is 17.7 Å². The zero-order chi connectivity index (χ0) is 19.6. The minimum Gasteiger partial charge on any atom is -0.352 e. The van der Waals surface area contributed by atoms with Crippen molar-refractivity contribution in [3.8, 4) is 11.4 Å². The number of halogens is 1. The molecule has 4 atom stereocenters. The molecule has 2 aromatic rings. The van der Waals surface area contributed by atoms with Crippen LogP contribution in [0.2, 0.25) is 0 Å². The minimum absolute atomic E-state index is 0.0164. The smallest absolute Gasteiger partial charge is 0.233 e. The molecule has 1 heterocycles. The van der Waals surface area contributed by atoms with Crippen molar-refractivity contribution >= 4 is 17.7 Å². The Morgan fingerprint density at radius 2 is 2.00 bits per heavy atom. The van der Waals surface area contributed by atoms with Gasteiger partial charge in [0.25, 0.3) is 0 Å². The maximum atomic E-state index is 13.1. The van der Waals surface area contributed by atoms with Crippen LogP contribution in [0.5, 0.6) is 0 Å². The van der Waals surface area contributed by atoms with Gasteiger partial charge in [-0.1, -0.05) is 38.5 Å². The number of nitrogens with two attached hydrogens (primary N) is 1. The molecule has 27 heavy (non-hydrogen) atoms. The van der Waals surface area contributed by atoms with Crippen LogP contribution in [0.3, 0.4) is 0 Å². The van der Waals surface area contributed by atoms with Crippen molar-refractivity contribution in [2.45, 2.75) is 56.5 Å². The number of amides is 1. The summed E-state index contributed by atoms with van der Waals surface area (Å²) in [5.41, 5.74) is 0.667. The standard InChI is InChI=1S/C19H26FN5OS/c1-11-5-4-6-16(12(11)2)22-18(26)13(3)27-19-24-23-17(25(19)21)14-7-9-15(20)10-8-14/h7-13,16H,4-6,21H2,1-3H3,(H,22,26)/t11-,12+,13+,16-/m0/s1. The SMILES string of the molecule is C[C@H]1[C@@H](NC(=O)[C@@H](C)Sc2nnc(-c3ccc(F)cc3)n2N)CCC[C@@H]1C. The zero-order valence-electron chi connectivity index (χ0n) is 15.9. The second-order valence-electron chi connectivity index (χ2n) is 7.33. The fourth-order valence-electron chi connectivity index (χ4n) is 3.45. The van der Waals surface area contributed by atoms with E-state index in [9.17, 15) is 9.18 Å². The number of nitrogen functional groups attached to an aromatic ring is 1. The zero-order valence-corrected chi connectivity index (χ0v) is 16.7. The summed E-state index contributed by atoms with van der Waals surface area (Å²) in [4.78, 5) is 12.6. The van der Waals surface area contributed by atoms with Gasteiger partial charge in [0.15, 0.2) is 5.82 Å². The Balaban J connectivity index is 1.64. The predicted molar refractivity (Wildman–Crippen MR) is 105 cm³/mol. The Morgan fingerprint density at radius 3 is 2.70 bits per heavy atom. The van der Waals surface area contributed by atoms with Crippen LogP contribution in [-0.2, 0) is 4.79 Å². The van der Waals surface area contributed by atoms with Gasteiger partial charge in [-0.25, -0.2) is 9.07 Å². The molecule has 0 radical (unpaired) electrons. The number of hydrogen-bond donors (Lipinski definition) is 2. The van der Waals surface area contributed by atoms with E-state index in [2.05, 4.69) is 29.4 Å². The quantitative estimate of drug-likeness (QED) is 0.604. The highest BCUT2D eigenvalue weighted by molar-refractivity contribution is 8.00. The summed E-state index contributed by atoms with van der Waals surface area (Å²) in [5, 5.41) is 11.5. The maximum Gasteiger partial charge on any atom is 0.233 e. The maximum absolute atomic E-state index is 13.1. The topological polar surface area (TPSA) is 85.8 Å². The van der Waals surface area contributed by atoms with Gasteiger partial charge >= 0.3 is 0 Å². The van der Waals surface area contributed by atoms with E-state index in [-0.39, 0.29) is 23.0 Å². The second kappa shape index (κ2) is 8.29. The molecule has 3 N–H and O–H groups in total. The van der Waals surface area contributed by atoms with E-state index in [0.29, 0.717) is 28.4 Å². The number of aromatic nitrogens is 3. The van der Waals surface area contributed by atoms with Crippen molar-refractivity contribution in [1.29, 1.82) is 0 Å². The van der Waals surface area contributed by atoms with Crippen LogP contribution < -0.4 is 11.2 Å². The Bertz CT molecular complexity index is 794. The lowest BCUT2D eigenvalue weighted by Crippen LogP contribution is -2.46. The summed E-state index contributed by atoms with van der Waals surface area (Å²) in [6, 6.07) is 6.10. The Labute approximate surface area is 163 Å². The molecule has 1 saturated carbocycles. The normalized spacial score (nSPS) is 23.8. The molecule has 1 aliphatic rings. The number of benzene rings is 1. The number of nitrogens with one attached hydrogen (secondary N) is 1. The lowest BCUT2D eigenvalue weighted by atomic mass is 9.78. The Kier molecular flexibility index (Phi) is 6.04. The number of carbonyl (C=O) groups excluding carboxylic acids is 1. The second-order valence-corrected chi connectivity index (χ2v) is 8.63. The van der Waals surface area contributed by atoms with Crippen molar-refractivity contribution in [2.24, 2.45) is 11.8 Å². The van der Waals surface area contributed by atoms with Gasteiger partial charge in [-0.2, -0.15) is 0 Å². The van der Waals surface area contributed by atoms with E-state index in [1.54, 1.807) is 12.1 Å². The number of hydrogen-bond acceptors (Lipinski definition) is 5. The number of thioether (sulfide) groups is 1. The monoisotopic (exact) mass is 391 g/mol. The van der Waals surface area contributed by atoms with Crippen LogP contribution in [-0.4, -0.2) is 32.1 Å². The van der Waals surface area contributed by atoms with E-state index < -0.39 is 0 Å². The Hall–Kier alpha value is -2.09. The molecule has 3 rings (SSSR count). The van der Waals surface area contributed by atoms with Gasteiger partial charge in [0.1, 0.15) is 5.82 Å². The molecule has 8 heteroatoms. The van der Waals surface area contributed by atoms with E-state index in [0.717, 1.165) is 12.8 Å². The molecule has 0 unspecified atom stereocenters. The molecule has 1 aromatic carbocycles. The molecule has 6 nitrogen and oxygen atoms in total. The molecule has 1 fully saturated rings. The molecular weight excluding hydrogens is 365 g/mol. The number of nitrogens with zero attached hydrogens (tertiary/aromatic N) is 3. The van der Waals surface area contributed by atoms with Crippen LogP contribution in [0.1, 0.15) is 40.0 Å². The highest BCUT2D eigenvalue weighted by Crippen LogP contribution is 2.30. The van der Waals surface area contributed by atoms with Gasteiger partial charge in [-0.3, -0.25) is 4.79 Å². The van der Waals surface area contributed by atoms with E-state index in [1.165, 1.54) is 35.0 Å². The first-order valence-corrected chi connectivity index (χ1v) is 10.2. The van der Waals surface area contributed by atoms with Gasteiger partial charge in [-0.15, -0.1) is 10.2 Å². The summed E-state index contributed by atoms with van der Waals surface area (Å²) in [7, 11) is 0. The molecule has 0 spiro atoms. The third kappa shape index (κ3) is 4.43. The first-order valence-electron chi connectivity index (χ1n) is 9.30. The van der Waals surface area contributed by atoms with Gasteiger partial charge < -0.3 is 11.2 Å². The van der Waals surface area contributed by atoms with Gasteiger partial charge in [0, 0.05) is 11.6 Å². The average molecular weight is 392 g/mol. The summed E-state index contributed by atoms with van der Waals surface area (Å²) >= 11 is 1.27. The Morgan fingerprint density at radius 1 is 1.30 bits per heavy atom. The van der Waals surface area contributed by atoms with Crippen molar-refractivity contribution in [1.82, 2.24) is 20.2 Å². The largest absolute Gasteiger partial charge is 0.352 e. The van der Waals surface area contributed by atoms with Crippen molar-refractivity contribution in [2.75, 3.05) is 5.84 Å². The summed E-state index contributed by atoms with van der Waals surface area (Å²) < 4.78 is 14.4. The molecule has 1 aromatic heterocycles. The predicted octanol–water partition coefficient (Wildman–Crippen LogP) is 3.22. The number of carbonyl (C=O) groups is 1. The molecule has 0 saturated heterocycles. The van der Waals surface area contributed by atoms with Crippen molar-refractivity contribution in [3.63, 3.8) is 0 Å². The van der Waals surface area contributed by atoms with E-state index >= 15 is 0 Å². The lowest BCUT2D eigenvalue weighted by molar-refractivity contribution is -0.121. The molecule has 0 bridgehead atoms. The summed E-state index contributed by atoms with van der Waals surface area (Å²) in [6.45, 7) is 6.29. The molecular formula is C19H26FN5OS. The van der Waals surface area contributed by atoms with Crippen LogP contribution in [0.4, 0.5) is 4.39 Å².